The molecule has 6 heteroatoms. The topological polar surface area (TPSA) is 9.23 Å². The first kappa shape index (κ1) is 24.1. The van der Waals surface area contributed by atoms with Crippen molar-refractivity contribution in [3.8, 4) is 22.3 Å². The Morgan fingerprint density at radius 2 is 1.41 bits per heavy atom. The lowest BCUT2D eigenvalue weighted by Gasteiger charge is -2.29. The first-order chi connectivity index (χ1) is 16.3. The fourth-order valence-corrected chi connectivity index (χ4v) is 4.53. The van der Waals surface area contributed by atoms with Gasteiger partial charge in [-0.25, -0.2) is 22.0 Å². The summed E-state index contributed by atoms with van der Waals surface area (Å²) >= 11 is 0. The molecule has 0 saturated carbocycles. The van der Waals surface area contributed by atoms with E-state index in [0.717, 1.165) is 37.5 Å². The van der Waals surface area contributed by atoms with Gasteiger partial charge in [-0.15, -0.1) is 0 Å². The summed E-state index contributed by atoms with van der Waals surface area (Å²) in [6.07, 6.45) is 4.88. The molecular weight excluding hydrogens is 447 g/mol. The molecule has 34 heavy (non-hydrogen) atoms. The molecule has 0 bridgehead atoms. The van der Waals surface area contributed by atoms with Crippen LogP contribution in [0.1, 0.15) is 49.7 Å². The van der Waals surface area contributed by atoms with E-state index in [-0.39, 0.29) is 35.3 Å². The monoisotopic (exact) mass is 472 g/mol. The van der Waals surface area contributed by atoms with Crippen LogP contribution in [0, 0.1) is 29.1 Å². The zero-order chi connectivity index (χ0) is 24.4. The van der Waals surface area contributed by atoms with Gasteiger partial charge in [-0.1, -0.05) is 62.4 Å². The fraction of sp³-hybridized carbons (Fsp3) is 0.286. The van der Waals surface area contributed by atoms with E-state index in [9.17, 15) is 17.6 Å². The maximum atomic E-state index is 15.0. The van der Waals surface area contributed by atoms with Crippen molar-refractivity contribution in [1.82, 2.24) is 0 Å². The summed E-state index contributed by atoms with van der Waals surface area (Å²) in [7, 11) is 0. The van der Waals surface area contributed by atoms with Gasteiger partial charge in [0.2, 0.25) is 0 Å². The van der Waals surface area contributed by atoms with Crippen molar-refractivity contribution >= 4 is 6.08 Å². The number of benzene rings is 3. The predicted molar refractivity (Wildman–Crippen MR) is 124 cm³/mol. The minimum absolute atomic E-state index is 0.127. The van der Waals surface area contributed by atoms with Gasteiger partial charge in [-0.05, 0) is 36.5 Å². The minimum Gasteiger partial charge on any atom is -0.378 e. The molecule has 1 aliphatic heterocycles. The third-order valence-electron chi connectivity index (χ3n) is 6.42. The van der Waals surface area contributed by atoms with Crippen LogP contribution in [-0.2, 0) is 4.74 Å². The van der Waals surface area contributed by atoms with Crippen LogP contribution in [0.2, 0.25) is 0 Å². The van der Waals surface area contributed by atoms with Gasteiger partial charge in [0, 0.05) is 28.2 Å². The molecule has 1 aliphatic rings. The molecule has 0 spiro atoms. The Kier molecular flexibility index (Phi) is 7.17. The van der Waals surface area contributed by atoms with Crippen LogP contribution in [-0.4, -0.2) is 12.7 Å². The zero-order valence-electron chi connectivity index (χ0n) is 18.8. The zero-order valence-corrected chi connectivity index (χ0v) is 18.8. The summed E-state index contributed by atoms with van der Waals surface area (Å²) in [5, 5.41) is 0. The summed E-state index contributed by atoms with van der Waals surface area (Å²) in [5.41, 5.74) is -0.636. The van der Waals surface area contributed by atoms with Crippen molar-refractivity contribution in [2.75, 3.05) is 6.61 Å². The molecule has 2 atom stereocenters. The number of hydrogen-bond acceptors (Lipinski definition) is 1. The SMILES string of the molecule is C=Cc1ccc(-c2ccc(-c3ccc(C4CCC(CCC)OC4)c(F)c3F)c(F)c2F)c(F)c1. The highest BCUT2D eigenvalue weighted by Gasteiger charge is 2.28. The molecule has 0 amide bonds. The van der Waals surface area contributed by atoms with Gasteiger partial charge < -0.3 is 4.74 Å². The lowest BCUT2D eigenvalue weighted by atomic mass is 9.88. The van der Waals surface area contributed by atoms with E-state index < -0.39 is 40.2 Å². The Bertz CT molecular complexity index is 1210. The van der Waals surface area contributed by atoms with Gasteiger partial charge in [-0.2, -0.15) is 0 Å². The molecule has 3 aromatic rings. The molecule has 0 N–H and O–H groups in total. The van der Waals surface area contributed by atoms with Crippen molar-refractivity contribution in [3.05, 3.63) is 89.3 Å². The first-order valence-electron chi connectivity index (χ1n) is 11.4. The van der Waals surface area contributed by atoms with Gasteiger partial charge >= 0.3 is 0 Å². The van der Waals surface area contributed by atoms with E-state index in [1.165, 1.54) is 30.3 Å². The lowest BCUT2D eigenvalue weighted by molar-refractivity contribution is -0.00181. The Labute approximate surface area is 195 Å². The molecular formula is C28H25F5O. The normalized spacial score (nSPS) is 18.2. The third kappa shape index (κ3) is 4.51. The number of hydrogen-bond donors (Lipinski definition) is 0. The molecule has 1 saturated heterocycles. The highest BCUT2D eigenvalue weighted by molar-refractivity contribution is 5.73. The van der Waals surface area contributed by atoms with Crippen LogP contribution in [0.3, 0.4) is 0 Å². The summed E-state index contributed by atoms with van der Waals surface area (Å²) in [6.45, 7) is 5.89. The van der Waals surface area contributed by atoms with E-state index in [2.05, 4.69) is 13.5 Å². The first-order valence-corrected chi connectivity index (χ1v) is 11.4. The van der Waals surface area contributed by atoms with Gasteiger partial charge in [0.15, 0.2) is 23.3 Å². The summed E-state index contributed by atoms with van der Waals surface area (Å²) in [6, 6.07) is 8.93. The van der Waals surface area contributed by atoms with Crippen LogP contribution in [0.4, 0.5) is 22.0 Å². The van der Waals surface area contributed by atoms with Gasteiger partial charge in [-0.3, -0.25) is 0 Å². The van der Waals surface area contributed by atoms with Gasteiger partial charge in [0.05, 0.1) is 12.7 Å². The Balaban J connectivity index is 1.66. The molecule has 2 unspecified atom stereocenters. The van der Waals surface area contributed by atoms with Crippen LogP contribution < -0.4 is 0 Å². The van der Waals surface area contributed by atoms with Gasteiger partial charge in [0.1, 0.15) is 5.82 Å². The highest BCUT2D eigenvalue weighted by Crippen LogP contribution is 2.37. The van der Waals surface area contributed by atoms with E-state index >= 15 is 4.39 Å². The van der Waals surface area contributed by atoms with Crippen LogP contribution in [0.5, 0.6) is 0 Å². The second-order valence-corrected chi connectivity index (χ2v) is 8.58. The Hall–Kier alpha value is -2.99. The Morgan fingerprint density at radius 1 is 0.824 bits per heavy atom. The minimum atomic E-state index is -1.38. The Morgan fingerprint density at radius 3 is 1.97 bits per heavy atom. The summed E-state index contributed by atoms with van der Waals surface area (Å²) in [5.74, 6) is -6.10. The van der Waals surface area contributed by atoms with Crippen molar-refractivity contribution in [2.45, 2.75) is 44.6 Å². The molecule has 178 valence electrons. The quantitative estimate of drug-likeness (QED) is 0.327. The molecule has 1 nitrogen and oxygen atoms in total. The van der Waals surface area contributed by atoms with Crippen molar-refractivity contribution in [3.63, 3.8) is 0 Å². The molecule has 1 heterocycles. The summed E-state index contributed by atoms with van der Waals surface area (Å²) < 4.78 is 80.0. The smallest absolute Gasteiger partial charge is 0.167 e. The van der Waals surface area contributed by atoms with E-state index in [4.69, 9.17) is 4.74 Å². The van der Waals surface area contributed by atoms with Crippen molar-refractivity contribution in [2.24, 2.45) is 0 Å². The lowest BCUT2D eigenvalue weighted by Crippen LogP contribution is -2.25. The summed E-state index contributed by atoms with van der Waals surface area (Å²) in [4.78, 5) is 0. The standard InChI is InChI=1S/C28H25F5O/c1-3-5-18-8-7-17(15-34-18)19-10-11-22(27(32)25(19)30)23-13-12-21(26(31)28(23)33)20-9-6-16(4-2)14-24(20)29/h4,6,9-14,17-18H,2-3,5,7-8,15H2,1H3. The average Bonchev–Trinajstić information content (AvgIpc) is 2.84. The van der Waals surface area contributed by atoms with Crippen LogP contribution in [0.25, 0.3) is 28.3 Å². The molecule has 3 aromatic carbocycles. The maximum Gasteiger partial charge on any atom is 0.167 e. The van der Waals surface area contributed by atoms with E-state index in [1.54, 1.807) is 0 Å². The number of ether oxygens (including phenoxy) is 1. The largest absolute Gasteiger partial charge is 0.378 e. The number of rotatable bonds is 6. The van der Waals surface area contributed by atoms with Crippen LogP contribution >= 0.6 is 0 Å². The molecule has 0 aliphatic carbocycles. The molecule has 0 radical (unpaired) electrons. The fourth-order valence-electron chi connectivity index (χ4n) is 4.53. The average molecular weight is 472 g/mol. The third-order valence-corrected chi connectivity index (χ3v) is 6.42. The van der Waals surface area contributed by atoms with Gasteiger partial charge in [0.25, 0.3) is 0 Å². The highest BCUT2D eigenvalue weighted by atomic mass is 19.2. The molecule has 4 rings (SSSR count). The number of halogens is 5. The molecule has 1 fully saturated rings. The second-order valence-electron chi connectivity index (χ2n) is 8.58. The van der Waals surface area contributed by atoms with Crippen molar-refractivity contribution in [1.29, 1.82) is 0 Å². The maximum absolute atomic E-state index is 15.0. The van der Waals surface area contributed by atoms with Crippen LogP contribution in [0.15, 0.2) is 49.0 Å². The molecule has 0 aromatic heterocycles. The van der Waals surface area contributed by atoms with E-state index in [0.29, 0.717) is 12.0 Å². The predicted octanol–water partition coefficient (Wildman–Crippen LogP) is 8.42. The van der Waals surface area contributed by atoms with E-state index in [1.807, 2.05) is 0 Å². The second kappa shape index (κ2) is 10.1. The van der Waals surface area contributed by atoms with Crippen molar-refractivity contribution < 1.29 is 26.7 Å².